The zero-order valence-corrected chi connectivity index (χ0v) is 10.4. The molecule has 1 N–H and O–H groups in total. The van der Waals surface area contributed by atoms with Crippen molar-refractivity contribution in [2.45, 2.75) is 19.3 Å². The molecule has 0 bridgehead atoms. The quantitative estimate of drug-likeness (QED) is 0.839. The number of carbonyl (C=O) groups is 2. The molecular formula is C13H15FN2O3. The van der Waals surface area contributed by atoms with Crippen molar-refractivity contribution in [2.75, 3.05) is 13.1 Å². The summed E-state index contributed by atoms with van der Waals surface area (Å²) >= 11 is 0. The van der Waals surface area contributed by atoms with Gasteiger partial charge in [-0.3, -0.25) is 9.59 Å². The van der Waals surface area contributed by atoms with Crippen LogP contribution in [0.4, 0.5) is 4.39 Å². The number of carbonyl (C=O) groups excluding carboxylic acids is 1. The molecule has 1 atom stereocenters. The molecule has 0 aromatic carbocycles. The van der Waals surface area contributed by atoms with Crippen LogP contribution in [-0.2, 0) is 4.79 Å². The molecule has 19 heavy (non-hydrogen) atoms. The van der Waals surface area contributed by atoms with Crippen LogP contribution in [0.1, 0.15) is 29.6 Å². The number of aromatic nitrogens is 1. The molecule has 1 saturated heterocycles. The Kier molecular flexibility index (Phi) is 4.09. The second-order valence-electron chi connectivity index (χ2n) is 4.71. The van der Waals surface area contributed by atoms with Crippen LogP contribution >= 0.6 is 0 Å². The number of nitrogens with zero attached hydrogens (tertiary/aromatic N) is 2. The van der Waals surface area contributed by atoms with Gasteiger partial charge in [0.1, 0.15) is 0 Å². The van der Waals surface area contributed by atoms with Gasteiger partial charge in [0, 0.05) is 37.3 Å². The number of amides is 1. The van der Waals surface area contributed by atoms with Crippen molar-refractivity contribution in [2.24, 2.45) is 5.92 Å². The molecule has 1 aliphatic rings. The van der Waals surface area contributed by atoms with Crippen LogP contribution in [0.15, 0.2) is 18.3 Å². The molecule has 1 aromatic rings. The normalized spacial score (nSPS) is 18.6. The van der Waals surface area contributed by atoms with E-state index < -0.39 is 11.9 Å². The summed E-state index contributed by atoms with van der Waals surface area (Å²) in [7, 11) is 0. The number of rotatable bonds is 4. The van der Waals surface area contributed by atoms with Crippen LogP contribution in [0.5, 0.6) is 0 Å². The number of carboxylic acid groups (broad SMARTS) is 1. The average Bonchev–Trinajstić information content (AvgIpc) is 2.84. The lowest BCUT2D eigenvalue weighted by molar-refractivity contribution is -0.137. The van der Waals surface area contributed by atoms with Crippen LogP contribution in [0.2, 0.25) is 0 Å². The third-order valence-electron chi connectivity index (χ3n) is 3.31. The Labute approximate surface area is 110 Å². The molecule has 1 amide bonds. The minimum absolute atomic E-state index is 0.122. The van der Waals surface area contributed by atoms with Gasteiger partial charge in [0.15, 0.2) is 0 Å². The minimum Gasteiger partial charge on any atom is -0.481 e. The van der Waals surface area contributed by atoms with Crippen LogP contribution in [0.25, 0.3) is 0 Å². The maximum Gasteiger partial charge on any atom is 0.303 e. The van der Waals surface area contributed by atoms with Gasteiger partial charge in [-0.25, -0.2) is 4.98 Å². The average molecular weight is 266 g/mol. The van der Waals surface area contributed by atoms with Crippen LogP contribution in [0.3, 0.4) is 0 Å². The van der Waals surface area contributed by atoms with Crippen molar-refractivity contribution in [1.29, 1.82) is 0 Å². The largest absolute Gasteiger partial charge is 0.481 e. The first-order chi connectivity index (χ1) is 9.06. The van der Waals surface area contributed by atoms with Gasteiger partial charge in [0.2, 0.25) is 5.95 Å². The van der Waals surface area contributed by atoms with Gasteiger partial charge in [-0.1, -0.05) is 0 Å². The second-order valence-corrected chi connectivity index (χ2v) is 4.71. The van der Waals surface area contributed by atoms with Gasteiger partial charge in [-0.05, 0) is 24.8 Å². The molecule has 1 aromatic heterocycles. The SMILES string of the molecule is O=C(O)CCC1CCN(C(=O)c2ccnc(F)c2)C1. The molecular weight excluding hydrogens is 251 g/mol. The highest BCUT2D eigenvalue weighted by Crippen LogP contribution is 2.22. The number of likely N-dealkylation sites (tertiary alicyclic amines) is 1. The third kappa shape index (κ3) is 3.49. The van der Waals surface area contributed by atoms with E-state index in [4.69, 9.17) is 5.11 Å². The lowest BCUT2D eigenvalue weighted by atomic mass is 10.0. The number of halogens is 1. The lowest BCUT2D eigenvalue weighted by Crippen LogP contribution is -2.28. The van der Waals surface area contributed by atoms with E-state index in [0.29, 0.717) is 19.5 Å². The molecule has 1 unspecified atom stereocenters. The highest BCUT2D eigenvalue weighted by Gasteiger charge is 2.27. The van der Waals surface area contributed by atoms with E-state index in [-0.39, 0.29) is 23.8 Å². The lowest BCUT2D eigenvalue weighted by Gasteiger charge is -2.16. The Morgan fingerprint density at radius 3 is 3.00 bits per heavy atom. The number of carboxylic acids is 1. The maximum absolute atomic E-state index is 13.0. The number of aliphatic carboxylic acids is 1. The van der Waals surface area contributed by atoms with Crippen LogP contribution in [0, 0.1) is 11.9 Å². The molecule has 1 fully saturated rings. The van der Waals surface area contributed by atoms with Gasteiger partial charge in [0.05, 0.1) is 0 Å². The first kappa shape index (κ1) is 13.5. The first-order valence-corrected chi connectivity index (χ1v) is 6.19. The third-order valence-corrected chi connectivity index (χ3v) is 3.31. The molecule has 2 heterocycles. The van der Waals surface area contributed by atoms with E-state index in [1.807, 2.05) is 0 Å². The number of hydrogen-bond donors (Lipinski definition) is 1. The van der Waals surface area contributed by atoms with E-state index in [0.717, 1.165) is 12.5 Å². The van der Waals surface area contributed by atoms with E-state index >= 15 is 0 Å². The summed E-state index contributed by atoms with van der Waals surface area (Å²) in [6.07, 6.45) is 2.76. The van der Waals surface area contributed by atoms with Crippen molar-refractivity contribution in [1.82, 2.24) is 9.88 Å². The summed E-state index contributed by atoms with van der Waals surface area (Å²) in [5.74, 6) is -1.50. The molecule has 5 nitrogen and oxygen atoms in total. The fourth-order valence-corrected chi connectivity index (χ4v) is 2.30. The van der Waals surface area contributed by atoms with Gasteiger partial charge >= 0.3 is 5.97 Å². The number of pyridine rings is 1. The standard InChI is InChI=1S/C13H15FN2O3/c14-11-7-10(3-5-15-11)13(19)16-6-4-9(8-16)1-2-12(17)18/h3,5,7,9H,1-2,4,6,8H2,(H,17,18). The Morgan fingerprint density at radius 2 is 2.32 bits per heavy atom. The Morgan fingerprint density at radius 1 is 1.53 bits per heavy atom. The van der Waals surface area contributed by atoms with Crippen LogP contribution < -0.4 is 0 Å². The predicted octanol–water partition coefficient (Wildman–Crippen LogP) is 1.55. The van der Waals surface area contributed by atoms with Gasteiger partial charge in [-0.2, -0.15) is 4.39 Å². The van der Waals surface area contributed by atoms with Gasteiger partial charge < -0.3 is 10.0 Å². The second kappa shape index (κ2) is 5.77. The summed E-state index contributed by atoms with van der Waals surface area (Å²) in [6.45, 7) is 1.13. The zero-order chi connectivity index (χ0) is 13.8. The molecule has 1 aliphatic heterocycles. The van der Waals surface area contributed by atoms with E-state index in [2.05, 4.69) is 4.98 Å². The van der Waals surface area contributed by atoms with Crippen molar-refractivity contribution in [3.8, 4) is 0 Å². The summed E-state index contributed by atoms with van der Waals surface area (Å²) in [6, 6.07) is 2.60. The minimum atomic E-state index is -0.819. The Bertz CT molecular complexity index is 493. The summed E-state index contributed by atoms with van der Waals surface area (Å²) in [5.41, 5.74) is 0.284. The van der Waals surface area contributed by atoms with Crippen molar-refractivity contribution < 1.29 is 19.1 Å². The molecule has 6 heteroatoms. The zero-order valence-electron chi connectivity index (χ0n) is 10.4. The molecule has 0 spiro atoms. The summed E-state index contributed by atoms with van der Waals surface area (Å²) in [4.78, 5) is 27.6. The van der Waals surface area contributed by atoms with Gasteiger partial charge in [0.25, 0.3) is 5.91 Å². The highest BCUT2D eigenvalue weighted by molar-refractivity contribution is 5.94. The molecule has 2 rings (SSSR count). The van der Waals surface area contributed by atoms with Gasteiger partial charge in [-0.15, -0.1) is 0 Å². The fraction of sp³-hybridized carbons (Fsp3) is 0.462. The van der Waals surface area contributed by atoms with E-state index in [1.165, 1.54) is 12.3 Å². The number of hydrogen-bond acceptors (Lipinski definition) is 3. The molecule has 0 aliphatic carbocycles. The summed E-state index contributed by atoms with van der Waals surface area (Å²) in [5, 5.41) is 8.63. The summed E-state index contributed by atoms with van der Waals surface area (Å²) < 4.78 is 13.0. The van der Waals surface area contributed by atoms with Crippen molar-refractivity contribution in [3.05, 3.63) is 29.8 Å². The topological polar surface area (TPSA) is 70.5 Å². The highest BCUT2D eigenvalue weighted by atomic mass is 19.1. The van der Waals surface area contributed by atoms with Crippen molar-refractivity contribution in [3.63, 3.8) is 0 Å². The molecule has 0 radical (unpaired) electrons. The van der Waals surface area contributed by atoms with E-state index in [1.54, 1.807) is 4.90 Å². The Balaban J connectivity index is 1.93. The first-order valence-electron chi connectivity index (χ1n) is 6.19. The van der Waals surface area contributed by atoms with Crippen LogP contribution in [-0.4, -0.2) is 40.0 Å². The van der Waals surface area contributed by atoms with Crippen molar-refractivity contribution >= 4 is 11.9 Å². The molecule has 102 valence electrons. The van der Waals surface area contributed by atoms with E-state index in [9.17, 15) is 14.0 Å². The maximum atomic E-state index is 13.0. The Hall–Kier alpha value is -1.98. The predicted molar refractivity (Wildman–Crippen MR) is 65.1 cm³/mol. The molecule has 0 saturated carbocycles. The monoisotopic (exact) mass is 266 g/mol. The smallest absolute Gasteiger partial charge is 0.303 e. The fourth-order valence-electron chi connectivity index (χ4n) is 2.30.